The topological polar surface area (TPSA) is 124 Å². The van der Waals surface area contributed by atoms with Gasteiger partial charge in [0.05, 0.1) is 17.2 Å². The maximum atomic E-state index is 11.1. The van der Waals surface area contributed by atoms with Crippen molar-refractivity contribution >= 4 is 17.3 Å². The van der Waals surface area contributed by atoms with E-state index in [-0.39, 0.29) is 23.5 Å². The van der Waals surface area contributed by atoms with Crippen molar-refractivity contribution < 1.29 is 9.72 Å². The third-order valence-electron chi connectivity index (χ3n) is 2.57. The minimum Gasteiger partial charge on any atom is -0.374 e. The molecular formula is C12H11N5O3. The molecule has 2 rings (SSSR count). The molecule has 3 N–H and O–H groups in total. The van der Waals surface area contributed by atoms with Gasteiger partial charge in [-0.1, -0.05) is 0 Å². The number of aromatic nitrogens is 2. The highest BCUT2D eigenvalue weighted by Gasteiger charge is 2.15. The Kier molecular flexibility index (Phi) is 3.85. The van der Waals surface area contributed by atoms with Gasteiger partial charge in [-0.2, -0.15) is 10.2 Å². The fraction of sp³-hybridized carbons (Fsp3) is 0.0833. The Hall–Kier alpha value is -3.03. The van der Waals surface area contributed by atoms with Crippen LogP contribution in [0, 0.1) is 10.1 Å². The molecule has 1 aromatic heterocycles. The zero-order valence-electron chi connectivity index (χ0n) is 10.3. The number of amides is 1. The van der Waals surface area contributed by atoms with Gasteiger partial charge in [-0.25, -0.2) is 0 Å². The van der Waals surface area contributed by atoms with E-state index in [1.165, 1.54) is 24.4 Å². The van der Waals surface area contributed by atoms with Gasteiger partial charge in [0, 0.05) is 17.8 Å². The molecular weight excluding hydrogens is 262 g/mol. The molecule has 0 aliphatic heterocycles. The molecule has 1 amide bonds. The molecule has 0 bridgehead atoms. The summed E-state index contributed by atoms with van der Waals surface area (Å²) in [5.74, 6) is -0.651. The van der Waals surface area contributed by atoms with Crippen LogP contribution in [0.25, 0.3) is 0 Å². The number of carbonyl (C=O) groups is 1. The van der Waals surface area contributed by atoms with Gasteiger partial charge in [-0.05, 0) is 24.3 Å². The smallest absolute Gasteiger partial charge is 0.292 e. The minimum atomic E-state index is -0.651. The second-order valence-corrected chi connectivity index (χ2v) is 3.92. The molecule has 8 nitrogen and oxygen atoms in total. The highest BCUT2D eigenvalue weighted by Crippen LogP contribution is 2.25. The lowest BCUT2D eigenvalue weighted by atomic mass is 10.1. The molecule has 2 aromatic rings. The number of rotatable bonds is 5. The summed E-state index contributed by atoms with van der Waals surface area (Å²) in [7, 11) is 0. The second kappa shape index (κ2) is 5.74. The number of nitrogens with one attached hydrogen (secondary N) is 1. The van der Waals surface area contributed by atoms with E-state index in [1.54, 1.807) is 12.1 Å². The average molecular weight is 273 g/mol. The van der Waals surface area contributed by atoms with Crippen molar-refractivity contribution in [2.75, 3.05) is 5.32 Å². The van der Waals surface area contributed by atoms with Crippen LogP contribution in [-0.2, 0) is 6.54 Å². The summed E-state index contributed by atoms with van der Waals surface area (Å²) in [4.78, 5) is 21.5. The monoisotopic (exact) mass is 273 g/mol. The van der Waals surface area contributed by atoms with Gasteiger partial charge in [-0.3, -0.25) is 14.9 Å². The molecule has 0 saturated carbocycles. The number of hydrogen-bond donors (Lipinski definition) is 2. The molecule has 0 aliphatic rings. The Balaban J connectivity index is 2.26. The molecule has 1 aromatic carbocycles. The molecule has 0 spiro atoms. The zero-order chi connectivity index (χ0) is 14.5. The number of benzene rings is 1. The predicted octanol–water partition coefficient (Wildman–Crippen LogP) is 1.10. The molecule has 102 valence electrons. The van der Waals surface area contributed by atoms with Gasteiger partial charge in [0.15, 0.2) is 0 Å². The van der Waals surface area contributed by atoms with Crippen molar-refractivity contribution in [1.82, 2.24) is 10.2 Å². The Morgan fingerprint density at radius 3 is 2.80 bits per heavy atom. The van der Waals surface area contributed by atoms with Crippen LogP contribution < -0.4 is 11.1 Å². The summed E-state index contributed by atoms with van der Waals surface area (Å²) >= 11 is 0. The first-order chi connectivity index (χ1) is 9.58. The number of anilines is 1. The number of nitro benzene ring substituents is 1. The number of nitro groups is 1. The standard InChI is InChI=1S/C12H11N5O3/c13-12(18)8-3-4-11(17(19)20)10(6-8)14-7-9-2-1-5-15-16-9/h1-6,14H,7H2,(H2,13,18). The Labute approximate surface area is 113 Å². The lowest BCUT2D eigenvalue weighted by molar-refractivity contribution is -0.384. The van der Waals surface area contributed by atoms with Crippen molar-refractivity contribution in [2.24, 2.45) is 5.73 Å². The first-order valence-electron chi connectivity index (χ1n) is 5.66. The predicted molar refractivity (Wildman–Crippen MR) is 71.0 cm³/mol. The molecule has 1 heterocycles. The van der Waals surface area contributed by atoms with Crippen molar-refractivity contribution in [2.45, 2.75) is 6.54 Å². The van der Waals surface area contributed by atoms with E-state index < -0.39 is 10.8 Å². The van der Waals surface area contributed by atoms with Crippen LogP contribution in [0.3, 0.4) is 0 Å². The van der Waals surface area contributed by atoms with Gasteiger partial charge in [0.2, 0.25) is 5.91 Å². The van der Waals surface area contributed by atoms with Crippen LogP contribution in [0.2, 0.25) is 0 Å². The van der Waals surface area contributed by atoms with Crippen molar-refractivity contribution in [1.29, 1.82) is 0 Å². The van der Waals surface area contributed by atoms with Crippen LogP contribution in [0.4, 0.5) is 11.4 Å². The van der Waals surface area contributed by atoms with Gasteiger partial charge in [0.1, 0.15) is 5.69 Å². The largest absolute Gasteiger partial charge is 0.374 e. The molecule has 20 heavy (non-hydrogen) atoms. The van der Waals surface area contributed by atoms with E-state index in [9.17, 15) is 14.9 Å². The molecule has 0 unspecified atom stereocenters. The van der Waals surface area contributed by atoms with E-state index in [4.69, 9.17) is 5.73 Å². The highest BCUT2D eigenvalue weighted by molar-refractivity contribution is 5.94. The number of nitrogens with two attached hydrogens (primary N) is 1. The van der Waals surface area contributed by atoms with Crippen molar-refractivity contribution in [3.8, 4) is 0 Å². The summed E-state index contributed by atoms with van der Waals surface area (Å²) < 4.78 is 0. The van der Waals surface area contributed by atoms with Crippen LogP contribution >= 0.6 is 0 Å². The SMILES string of the molecule is NC(=O)c1ccc([N+](=O)[O-])c(NCc2cccnn2)c1. The van der Waals surface area contributed by atoms with Crippen molar-refractivity contribution in [3.05, 3.63) is 57.9 Å². The first kappa shape index (κ1) is 13.4. The summed E-state index contributed by atoms with van der Waals surface area (Å²) in [5.41, 5.74) is 6.03. The number of carbonyl (C=O) groups excluding carboxylic acids is 1. The van der Waals surface area contributed by atoms with Crippen molar-refractivity contribution in [3.63, 3.8) is 0 Å². The van der Waals surface area contributed by atoms with Gasteiger partial charge >= 0.3 is 0 Å². The highest BCUT2D eigenvalue weighted by atomic mass is 16.6. The number of hydrogen-bond acceptors (Lipinski definition) is 6. The van der Waals surface area contributed by atoms with E-state index in [1.807, 2.05) is 0 Å². The maximum absolute atomic E-state index is 11.1. The van der Waals surface area contributed by atoms with E-state index in [2.05, 4.69) is 15.5 Å². The Morgan fingerprint density at radius 2 is 2.20 bits per heavy atom. The number of primary amides is 1. The second-order valence-electron chi connectivity index (χ2n) is 3.92. The lowest BCUT2D eigenvalue weighted by Crippen LogP contribution is -2.12. The minimum absolute atomic E-state index is 0.140. The first-order valence-corrected chi connectivity index (χ1v) is 5.66. The fourth-order valence-corrected chi connectivity index (χ4v) is 1.60. The van der Waals surface area contributed by atoms with Gasteiger partial charge in [0.25, 0.3) is 5.69 Å². The summed E-state index contributed by atoms with van der Waals surface area (Å²) in [6.07, 6.45) is 1.53. The van der Waals surface area contributed by atoms with Gasteiger partial charge < -0.3 is 11.1 Å². The molecule has 0 fully saturated rings. The molecule has 8 heteroatoms. The summed E-state index contributed by atoms with van der Waals surface area (Å²) in [6, 6.07) is 7.33. The fourth-order valence-electron chi connectivity index (χ4n) is 1.60. The zero-order valence-corrected chi connectivity index (χ0v) is 10.3. The third-order valence-corrected chi connectivity index (χ3v) is 2.57. The summed E-state index contributed by atoms with van der Waals surface area (Å²) in [6.45, 7) is 0.247. The van der Waals surface area contributed by atoms with E-state index >= 15 is 0 Å². The molecule has 0 aliphatic carbocycles. The lowest BCUT2D eigenvalue weighted by Gasteiger charge is -2.07. The summed E-state index contributed by atoms with van der Waals surface area (Å²) in [5, 5.41) is 21.3. The Morgan fingerprint density at radius 1 is 1.40 bits per heavy atom. The quantitative estimate of drug-likeness (QED) is 0.620. The number of nitrogens with zero attached hydrogens (tertiary/aromatic N) is 3. The normalized spacial score (nSPS) is 10.0. The van der Waals surface area contributed by atoms with Crippen LogP contribution in [-0.4, -0.2) is 21.0 Å². The molecule has 0 atom stereocenters. The van der Waals surface area contributed by atoms with E-state index in [0.29, 0.717) is 5.69 Å². The van der Waals surface area contributed by atoms with Crippen LogP contribution in [0.5, 0.6) is 0 Å². The third kappa shape index (κ3) is 3.05. The Bertz CT molecular complexity index is 645. The van der Waals surface area contributed by atoms with Crippen LogP contribution in [0.1, 0.15) is 16.1 Å². The van der Waals surface area contributed by atoms with E-state index in [0.717, 1.165) is 0 Å². The average Bonchev–Trinajstić information content (AvgIpc) is 2.45. The maximum Gasteiger partial charge on any atom is 0.292 e. The molecule has 0 saturated heterocycles. The van der Waals surface area contributed by atoms with Crippen LogP contribution in [0.15, 0.2) is 36.5 Å². The van der Waals surface area contributed by atoms with Gasteiger partial charge in [-0.15, -0.1) is 0 Å². The molecule has 0 radical (unpaired) electrons.